The first-order valence-corrected chi connectivity index (χ1v) is 18.8. The third-order valence-electron chi connectivity index (χ3n) is 11.2. The van der Waals surface area contributed by atoms with Gasteiger partial charge < -0.3 is 15.4 Å². The van der Waals surface area contributed by atoms with E-state index in [4.69, 9.17) is 27.3 Å². The number of rotatable bonds is 9. The van der Waals surface area contributed by atoms with E-state index < -0.39 is 5.91 Å². The molecule has 4 fully saturated rings. The van der Waals surface area contributed by atoms with Gasteiger partial charge in [0.15, 0.2) is 11.5 Å². The minimum atomic E-state index is -0.570. The van der Waals surface area contributed by atoms with Crippen LogP contribution in [0.2, 0.25) is 5.02 Å². The molecule has 2 N–H and O–H groups in total. The average molecular weight is 725 g/mol. The van der Waals surface area contributed by atoms with Crippen LogP contribution in [0.5, 0.6) is 5.75 Å². The van der Waals surface area contributed by atoms with Crippen LogP contribution in [0.4, 0.5) is 5.82 Å². The number of hydrogen-bond donors (Lipinski definition) is 1. The number of nitriles is 1. The van der Waals surface area contributed by atoms with Crippen LogP contribution in [0.1, 0.15) is 84.5 Å². The summed E-state index contributed by atoms with van der Waals surface area (Å²) in [5.74, 6) is 0.370. The molecule has 13 heteroatoms. The molecule has 3 amide bonds. The Morgan fingerprint density at radius 3 is 2.33 bits per heavy atom. The van der Waals surface area contributed by atoms with Crippen LogP contribution in [0.25, 0.3) is 0 Å². The Bertz CT molecular complexity index is 1810. The molecule has 7 rings (SSSR count). The first kappa shape index (κ1) is 35.8. The number of aromatic nitrogens is 2. The summed E-state index contributed by atoms with van der Waals surface area (Å²) < 4.78 is 6.15. The molecular formula is C39H45ClN8O4. The molecule has 3 aromatic rings. The topological polar surface area (TPSA) is 149 Å². The van der Waals surface area contributed by atoms with Crippen LogP contribution in [0.3, 0.4) is 0 Å². The summed E-state index contributed by atoms with van der Waals surface area (Å²) >= 11 is 6.19. The molecule has 1 saturated carbocycles. The number of amides is 3. The summed E-state index contributed by atoms with van der Waals surface area (Å²) in [5, 5.41) is 17.7. The number of imide groups is 1. The Labute approximate surface area is 309 Å². The van der Waals surface area contributed by atoms with Gasteiger partial charge in [0, 0.05) is 70.4 Å². The molecule has 2 aromatic carbocycles. The number of nitrogens with zero attached hydrogens (tertiary/aromatic N) is 7. The fourth-order valence-electron chi connectivity index (χ4n) is 8.31. The van der Waals surface area contributed by atoms with E-state index in [0.717, 1.165) is 82.9 Å². The molecule has 0 bridgehead atoms. The SMILES string of the molecule is N#Cc1ccc(OC2CCC(N3C(=O)CCC(c4cccc(CN5CCN(C6CCN(c7ccc(C(N)=O)nn7)CC6)CC5)c4)C3=O)CC2)cc1Cl. The maximum atomic E-state index is 13.9. The molecule has 3 saturated heterocycles. The van der Waals surface area contributed by atoms with Crippen molar-refractivity contribution in [3.8, 4) is 11.8 Å². The largest absolute Gasteiger partial charge is 0.490 e. The molecule has 1 aliphatic carbocycles. The number of carbonyl (C=O) groups is 3. The average Bonchev–Trinajstić information content (AvgIpc) is 3.16. The van der Waals surface area contributed by atoms with Crippen LogP contribution < -0.4 is 15.4 Å². The fraction of sp³-hybridized carbons (Fsp3) is 0.487. The van der Waals surface area contributed by atoms with Crippen molar-refractivity contribution in [1.29, 1.82) is 5.26 Å². The van der Waals surface area contributed by atoms with E-state index in [1.54, 1.807) is 29.2 Å². The number of primary amides is 1. The van der Waals surface area contributed by atoms with Crippen molar-refractivity contribution in [2.45, 2.75) is 82.0 Å². The summed E-state index contributed by atoms with van der Waals surface area (Å²) in [5.41, 5.74) is 8.08. The molecule has 12 nitrogen and oxygen atoms in total. The number of carbonyl (C=O) groups excluding carboxylic acids is 3. The van der Waals surface area contributed by atoms with Crippen LogP contribution in [-0.4, -0.2) is 100 Å². The van der Waals surface area contributed by atoms with Crippen molar-refractivity contribution in [2.24, 2.45) is 5.73 Å². The molecule has 4 aliphatic rings. The number of hydrogen-bond acceptors (Lipinski definition) is 10. The molecule has 0 spiro atoms. The Morgan fingerprint density at radius 1 is 0.885 bits per heavy atom. The number of likely N-dealkylation sites (tertiary alicyclic amines) is 1. The minimum absolute atomic E-state index is 0.0340. The molecule has 3 aliphatic heterocycles. The van der Waals surface area contributed by atoms with Gasteiger partial charge in [0.05, 0.1) is 22.6 Å². The van der Waals surface area contributed by atoms with Crippen LogP contribution in [-0.2, 0) is 16.1 Å². The van der Waals surface area contributed by atoms with Crippen molar-refractivity contribution in [2.75, 3.05) is 44.2 Å². The van der Waals surface area contributed by atoms with Gasteiger partial charge in [-0.25, -0.2) is 0 Å². The minimum Gasteiger partial charge on any atom is -0.490 e. The van der Waals surface area contributed by atoms with Gasteiger partial charge in [0.2, 0.25) is 11.8 Å². The Kier molecular flexibility index (Phi) is 11.0. The number of piperazine rings is 1. The first-order chi connectivity index (χ1) is 25.2. The highest BCUT2D eigenvalue weighted by Gasteiger charge is 2.41. The van der Waals surface area contributed by atoms with Crippen molar-refractivity contribution in [1.82, 2.24) is 24.9 Å². The monoisotopic (exact) mass is 724 g/mol. The number of ether oxygens (including phenoxy) is 1. The van der Waals surface area contributed by atoms with E-state index in [1.807, 2.05) is 18.2 Å². The van der Waals surface area contributed by atoms with Gasteiger partial charge in [0.1, 0.15) is 11.8 Å². The lowest BCUT2D eigenvalue weighted by atomic mass is 9.85. The lowest BCUT2D eigenvalue weighted by Crippen LogP contribution is -2.53. The van der Waals surface area contributed by atoms with Gasteiger partial charge in [-0.2, -0.15) is 5.26 Å². The van der Waals surface area contributed by atoms with Crippen molar-refractivity contribution in [3.63, 3.8) is 0 Å². The summed E-state index contributed by atoms with van der Waals surface area (Å²) in [4.78, 5) is 47.3. The Morgan fingerprint density at radius 2 is 1.65 bits per heavy atom. The predicted molar refractivity (Wildman–Crippen MR) is 196 cm³/mol. The summed E-state index contributed by atoms with van der Waals surface area (Å²) in [7, 11) is 0. The molecular weight excluding hydrogens is 680 g/mol. The maximum Gasteiger partial charge on any atom is 0.269 e. The highest BCUT2D eigenvalue weighted by Crippen LogP contribution is 2.35. The first-order valence-electron chi connectivity index (χ1n) is 18.4. The Hall–Kier alpha value is -4.57. The number of halogens is 1. The van der Waals surface area contributed by atoms with Gasteiger partial charge in [-0.05, 0) is 80.3 Å². The number of nitrogens with two attached hydrogens (primary N) is 1. The predicted octanol–water partition coefficient (Wildman–Crippen LogP) is 4.51. The lowest BCUT2D eigenvalue weighted by molar-refractivity contribution is -0.153. The zero-order valence-electron chi connectivity index (χ0n) is 29.3. The van der Waals surface area contributed by atoms with Gasteiger partial charge in [-0.15, -0.1) is 10.2 Å². The zero-order chi connectivity index (χ0) is 36.2. The molecule has 1 atom stereocenters. The van der Waals surface area contributed by atoms with Gasteiger partial charge in [0.25, 0.3) is 5.91 Å². The van der Waals surface area contributed by atoms with Gasteiger partial charge in [-0.1, -0.05) is 35.9 Å². The molecule has 1 aromatic heterocycles. The van der Waals surface area contributed by atoms with Crippen molar-refractivity contribution >= 4 is 35.1 Å². The van der Waals surface area contributed by atoms with Crippen LogP contribution in [0.15, 0.2) is 54.6 Å². The normalized spacial score (nSPS) is 23.7. The van der Waals surface area contributed by atoms with Crippen LogP contribution in [0, 0.1) is 11.3 Å². The third-order valence-corrected chi connectivity index (χ3v) is 11.5. The summed E-state index contributed by atoms with van der Waals surface area (Å²) in [6.45, 7) is 6.64. The zero-order valence-corrected chi connectivity index (χ0v) is 30.1. The standard InChI is InChI=1S/C39H45ClN8O4/c40-34-23-32(7-4-28(34)24-41)52-31-8-5-30(6-9-31)48-37(49)13-10-33(39(48)51)27-3-1-2-26(22-27)25-45-18-20-46(21-19-45)29-14-16-47(17-15-29)36-12-11-35(38(42)50)43-44-36/h1-4,7,11-12,22-23,29-31,33H,5-6,8-10,13-21,25H2,(H2,42,50). The molecule has 1 unspecified atom stereocenters. The van der Waals surface area contributed by atoms with E-state index in [2.05, 4.69) is 43.1 Å². The fourth-order valence-corrected chi connectivity index (χ4v) is 8.52. The maximum absolute atomic E-state index is 13.9. The number of anilines is 1. The molecule has 272 valence electrons. The Balaban J connectivity index is 0.885. The number of piperidine rings is 2. The number of benzene rings is 2. The second-order valence-electron chi connectivity index (χ2n) is 14.4. The van der Waals surface area contributed by atoms with E-state index in [-0.39, 0.29) is 35.6 Å². The smallest absolute Gasteiger partial charge is 0.269 e. The van der Waals surface area contributed by atoms with Crippen LogP contribution >= 0.6 is 11.6 Å². The van der Waals surface area contributed by atoms with Gasteiger partial charge in [-0.3, -0.25) is 29.1 Å². The van der Waals surface area contributed by atoms with E-state index in [0.29, 0.717) is 48.1 Å². The van der Waals surface area contributed by atoms with E-state index >= 15 is 0 Å². The summed E-state index contributed by atoms with van der Waals surface area (Å²) in [6.07, 6.45) is 5.85. The molecule has 4 heterocycles. The lowest BCUT2D eigenvalue weighted by Gasteiger charge is -2.43. The van der Waals surface area contributed by atoms with Gasteiger partial charge >= 0.3 is 0 Å². The van der Waals surface area contributed by atoms with Crippen molar-refractivity contribution in [3.05, 3.63) is 82.0 Å². The molecule has 52 heavy (non-hydrogen) atoms. The highest BCUT2D eigenvalue weighted by molar-refractivity contribution is 6.31. The quantitative estimate of drug-likeness (QED) is 0.313. The second kappa shape index (κ2) is 16.0. The third kappa shape index (κ3) is 8.07. The van der Waals surface area contributed by atoms with Crippen molar-refractivity contribution < 1.29 is 19.1 Å². The second-order valence-corrected chi connectivity index (χ2v) is 14.8. The summed E-state index contributed by atoms with van der Waals surface area (Å²) in [6, 6.07) is 19.4. The molecule has 0 radical (unpaired) electrons. The van der Waals surface area contributed by atoms with E-state index in [1.165, 1.54) is 5.56 Å². The van der Waals surface area contributed by atoms with E-state index in [9.17, 15) is 14.4 Å². The highest BCUT2D eigenvalue weighted by atomic mass is 35.5.